The molecule has 1 rings (SSSR count). The van der Waals surface area contributed by atoms with Crippen LogP contribution in [0.5, 0.6) is 0 Å². The van der Waals surface area contributed by atoms with E-state index in [-0.39, 0.29) is 6.42 Å². The first-order valence-corrected chi connectivity index (χ1v) is 4.24. The topological polar surface area (TPSA) is 52.9 Å². The molecular weight excluding hydrogens is 156 g/mol. The first kappa shape index (κ1) is 9.03. The van der Waals surface area contributed by atoms with E-state index in [2.05, 4.69) is 4.99 Å². The second-order valence-corrected chi connectivity index (χ2v) is 2.78. The molecule has 1 aliphatic rings. The first-order valence-electron chi connectivity index (χ1n) is 4.24. The summed E-state index contributed by atoms with van der Waals surface area (Å²) < 4.78 is 0. The zero-order valence-corrected chi connectivity index (χ0v) is 7.29. The van der Waals surface area contributed by atoms with Gasteiger partial charge in [-0.05, 0) is 0 Å². The van der Waals surface area contributed by atoms with Crippen LogP contribution in [0.15, 0.2) is 4.99 Å². The number of carboxylic acids is 1. The monoisotopic (exact) mass is 170 g/mol. The number of hydrogen-bond donors (Lipinski definition) is 1. The fourth-order valence-corrected chi connectivity index (χ4v) is 1.34. The molecule has 68 valence electrons. The number of rotatable bonds is 4. The van der Waals surface area contributed by atoms with Crippen molar-refractivity contribution in [3.63, 3.8) is 0 Å². The highest BCUT2D eigenvalue weighted by Crippen LogP contribution is 2.05. The van der Waals surface area contributed by atoms with Gasteiger partial charge in [-0.3, -0.25) is 9.79 Å². The Labute approximate surface area is 71.9 Å². The molecule has 0 saturated carbocycles. The van der Waals surface area contributed by atoms with E-state index in [0.29, 0.717) is 6.54 Å². The SMILES string of the molecule is CCC1=NCCN1CCC(=O)O. The maximum Gasteiger partial charge on any atom is 0.305 e. The summed E-state index contributed by atoms with van der Waals surface area (Å²) in [4.78, 5) is 16.6. The van der Waals surface area contributed by atoms with Gasteiger partial charge in [-0.1, -0.05) is 6.92 Å². The van der Waals surface area contributed by atoms with E-state index in [9.17, 15) is 4.79 Å². The molecule has 4 nitrogen and oxygen atoms in total. The lowest BCUT2D eigenvalue weighted by atomic mass is 10.3. The summed E-state index contributed by atoms with van der Waals surface area (Å²) in [6.45, 7) is 4.35. The number of carboxylic acid groups (broad SMARTS) is 1. The van der Waals surface area contributed by atoms with Crippen molar-refractivity contribution in [1.82, 2.24) is 4.90 Å². The Morgan fingerprint density at radius 1 is 1.75 bits per heavy atom. The van der Waals surface area contributed by atoms with Crippen LogP contribution in [0.4, 0.5) is 0 Å². The number of hydrogen-bond acceptors (Lipinski definition) is 3. The summed E-state index contributed by atoms with van der Waals surface area (Å²) in [6, 6.07) is 0. The maximum atomic E-state index is 10.3. The first-order chi connectivity index (χ1) is 5.74. The molecule has 4 heteroatoms. The Kier molecular flexibility index (Phi) is 3.08. The van der Waals surface area contributed by atoms with Gasteiger partial charge in [0, 0.05) is 19.5 Å². The molecule has 0 bridgehead atoms. The fraction of sp³-hybridized carbons (Fsp3) is 0.750. The number of nitrogens with zero attached hydrogens (tertiary/aromatic N) is 2. The van der Waals surface area contributed by atoms with Crippen LogP contribution in [0, 0.1) is 0 Å². The zero-order chi connectivity index (χ0) is 8.97. The van der Waals surface area contributed by atoms with Gasteiger partial charge in [0.2, 0.25) is 0 Å². The molecule has 0 unspecified atom stereocenters. The summed E-state index contributed by atoms with van der Waals surface area (Å²) >= 11 is 0. The minimum atomic E-state index is -0.739. The van der Waals surface area contributed by atoms with Gasteiger partial charge in [0.25, 0.3) is 0 Å². The van der Waals surface area contributed by atoms with Gasteiger partial charge in [-0.15, -0.1) is 0 Å². The standard InChI is InChI=1S/C8H14N2O2/c1-2-7-9-4-6-10(7)5-3-8(11)12/h2-6H2,1H3,(H,11,12). The van der Waals surface area contributed by atoms with Crippen LogP contribution < -0.4 is 0 Å². The molecule has 0 fully saturated rings. The van der Waals surface area contributed by atoms with Crippen molar-refractivity contribution in [3.05, 3.63) is 0 Å². The molecule has 1 aliphatic heterocycles. The Balaban J connectivity index is 2.33. The van der Waals surface area contributed by atoms with Crippen molar-refractivity contribution in [2.24, 2.45) is 4.99 Å². The third-order valence-electron chi connectivity index (χ3n) is 1.94. The van der Waals surface area contributed by atoms with E-state index in [0.717, 1.165) is 25.3 Å². The molecule has 1 heterocycles. The summed E-state index contributed by atoms with van der Waals surface area (Å²) in [7, 11) is 0. The molecule has 0 aromatic rings. The molecule has 12 heavy (non-hydrogen) atoms. The fourth-order valence-electron chi connectivity index (χ4n) is 1.34. The highest BCUT2D eigenvalue weighted by atomic mass is 16.4. The van der Waals surface area contributed by atoms with Gasteiger partial charge in [0.05, 0.1) is 18.8 Å². The molecule has 0 aliphatic carbocycles. The number of carbonyl (C=O) groups is 1. The lowest BCUT2D eigenvalue weighted by Crippen LogP contribution is -2.29. The predicted molar refractivity (Wildman–Crippen MR) is 46.4 cm³/mol. The van der Waals surface area contributed by atoms with E-state index in [1.165, 1.54) is 0 Å². The molecule has 0 aromatic carbocycles. The molecule has 0 saturated heterocycles. The molecule has 0 atom stereocenters. The lowest BCUT2D eigenvalue weighted by Gasteiger charge is -2.17. The van der Waals surface area contributed by atoms with Crippen molar-refractivity contribution >= 4 is 11.8 Å². The van der Waals surface area contributed by atoms with Crippen LogP contribution in [0.25, 0.3) is 0 Å². The highest BCUT2D eigenvalue weighted by molar-refractivity contribution is 5.83. The summed E-state index contributed by atoms with van der Waals surface area (Å²) in [5.74, 6) is 0.314. The zero-order valence-electron chi connectivity index (χ0n) is 7.29. The van der Waals surface area contributed by atoms with Gasteiger partial charge in [0.1, 0.15) is 0 Å². The van der Waals surface area contributed by atoms with Gasteiger partial charge in [-0.25, -0.2) is 0 Å². The van der Waals surface area contributed by atoms with Gasteiger partial charge < -0.3 is 10.0 Å². The Hall–Kier alpha value is -1.06. The van der Waals surface area contributed by atoms with Gasteiger partial charge in [0.15, 0.2) is 0 Å². The quantitative estimate of drug-likeness (QED) is 0.671. The Morgan fingerprint density at radius 2 is 2.50 bits per heavy atom. The minimum absolute atomic E-state index is 0.207. The number of aliphatic imine (C=N–C) groups is 1. The van der Waals surface area contributed by atoms with Crippen molar-refractivity contribution in [2.45, 2.75) is 19.8 Å². The maximum absolute atomic E-state index is 10.3. The summed E-state index contributed by atoms with van der Waals surface area (Å²) in [5, 5.41) is 8.47. The van der Waals surface area contributed by atoms with Crippen molar-refractivity contribution < 1.29 is 9.90 Å². The minimum Gasteiger partial charge on any atom is -0.481 e. The third kappa shape index (κ3) is 2.22. The smallest absolute Gasteiger partial charge is 0.305 e. The van der Waals surface area contributed by atoms with Crippen LogP contribution >= 0.6 is 0 Å². The van der Waals surface area contributed by atoms with E-state index in [1.54, 1.807) is 0 Å². The normalized spacial score (nSPS) is 16.4. The van der Waals surface area contributed by atoms with E-state index >= 15 is 0 Å². The predicted octanol–water partition coefficient (Wildman–Crippen LogP) is 0.585. The van der Waals surface area contributed by atoms with Crippen molar-refractivity contribution in [3.8, 4) is 0 Å². The molecule has 0 spiro atoms. The van der Waals surface area contributed by atoms with E-state index in [1.807, 2.05) is 11.8 Å². The summed E-state index contributed by atoms with van der Waals surface area (Å²) in [6.07, 6.45) is 1.11. The third-order valence-corrected chi connectivity index (χ3v) is 1.94. The number of amidine groups is 1. The Bertz CT molecular complexity index is 201. The largest absolute Gasteiger partial charge is 0.481 e. The van der Waals surface area contributed by atoms with Crippen LogP contribution in [0.3, 0.4) is 0 Å². The van der Waals surface area contributed by atoms with Gasteiger partial charge >= 0.3 is 5.97 Å². The van der Waals surface area contributed by atoms with E-state index in [4.69, 9.17) is 5.11 Å². The number of aliphatic carboxylic acids is 1. The van der Waals surface area contributed by atoms with Crippen molar-refractivity contribution in [1.29, 1.82) is 0 Å². The average molecular weight is 170 g/mol. The second-order valence-electron chi connectivity index (χ2n) is 2.78. The lowest BCUT2D eigenvalue weighted by molar-refractivity contribution is -0.137. The second kappa shape index (κ2) is 4.09. The van der Waals surface area contributed by atoms with Gasteiger partial charge in [-0.2, -0.15) is 0 Å². The molecule has 0 aromatic heterocycles. The van der Waals surface area contributed by atoms with Crippen LogP contribution in [-0.4, -0.2) is 41.4 Å². The summed E-state index contributed by atoms with van der Waals surface area (Å²) in [5.41, 5.74) is 0. The molecule has 0 radical (unpaired) electrons. The van der Waals surface area contributed by atoms with Crippen LogP contribution in [-0.2, 0) is 4.79 Å². The van der Waals surface area contributed by atoms with Crippen molar-refractivity contribution in [2.75, 3.05) is 19.6 Å². The van der Waals surface area contributed by atoms with E-state index < -0.39 is 5.97 Å². The van der Waals surface area contributed by atoms with Crippen LogP contribution in [0.1, 0.15) is 19.8 Å². The Morgan fingerprint density at radius 3 is 3.08 bits per heavy atom. The highest BCUT2D eigenvalue weighted by Gasteiger charge is 2.14. The average Bonchev–Trinajstić information content (AvgIpc) is 2.47. The molecular formula is C8H14N2O2. The molecule has 0 amide bonds. The van der Waals surface area contributed by atoms with Crippen LogP contribution in [0.2, 0.25) is 0 Å². The molecule has 1 N–H and O–H groups in total.